The van der Waals surface area contributed by atoms with Gasteiger partial charge in [0.2, 0.25) is 0 Å². The van der Waals surface area contributed by atoms with Gasteiger partial charge in [0.05, 0.1) is 11.8 Å². The van der Waals surface area contributed by atoms with Crippen molar-refractivity contribution in [1.29, 1.82) is 0 Å². The molecule has 4 heteroatoms. The monoisotopic (exact) mass is 244 g/mol. The van der Waals surface area contributed by atoms with E-state index in [2.05, 4.69) is 27.1 Å². The van der Waals surface area contributed by atoms with E-state index in [9.17, 15) is 0 Å². The van der Waals surface area contributed by atoms with E-state index < -0.39 is 0 Å². The summed E-state index contributed by atoms with van der Waals surface area (Å²) >= 11 is 0. The Bertz CT molecular complexity index is 505. The number of rotatable bonds is 4. The van der Waals surface area contributed by atoms with E-state index in [0.717, 1.165) is 24.2 Å². The molecule has 0 aromatic carbocycles. The number of aromatic nitrogens is 4. The molecule has 0 atom stereocenters. The number of nitrogens with zero attached hydrogens (tertiary/aromatic N) is 2. The van der Waals surface area contributed by atoms with Crippen molar-refractivity contribution in [3.05, 3.63) is 23.8 Å². The van der Waals surface area contributed by atoms with Crippen molar-refractivity contribution >= 4 is 0 Å². The molecular weight excluding hydrogens is 224 g/mol. The van der Waals surface area contributed by atoms with E-state index in [1.807, 2.05) is 12.4 Å². The van der Waals surface area contributed by atoms with Crippen molar-refractivity contribution < 1.29 is 0 Å². The minimum Gasteiger partial charge on any atom is -0.342 e. The molecule has 1 aliphatic rings. The van der Waals surface area contributed by atoms with Crippen LogP contribution in [-0.2, 0) is 6.42 Å². The van der Waals surface area contributed by atoms with Crippen molar-refractivity contribution in [2.45, 2.75) is 51.4 Å². The van der Waals surface area contributed by atoms with Gasteiger partial charge in [-0.25, -0.2) is 4.98 Å². The first kappa shape index (κ1) is 11.5. The second-order valence-corrected chi connectivity index (χ2v) is 5.19. The molecule has 2 aromatic rings. The van der Waals surface area contributed by atoms with Crippen LogP contribution in [-0.4, -0.2) is 20.2 Å². The molecule has 0 spiro atoms. The lowest BCUT2D eigenvalue weighted by molar-refractivity contribution is 0.694. The SMILES string of the molecule is CCCc1cnc(-c2cn[nH]c2C2CCCC2)[nH]1. The Labute approximate surface area is 107 Å². The van der Waals surface area contributed by atoms with Crippen LogP contribution in [0.4, 0.5) is 0 Å². The summed E-state index contributed by atoms with van der Waals surface area (Å²) in [6, 6.07) is 0. The van der Waals surface area contributed by atoms with Gasteiger partial charge in [-0.3, -0.25) is 5.10 Å². The van der Waals surface area contributed by atoms with Gasteiger partial charge in [0.25, 0.3) is 0 Å². The largest absolute Gasteiger partial charge is 0.342 e. The Morgan fingerprint density at radius 3 is 2.89 bits per heavy atom. The van der Waals surface area contributed by atoms with E-state index in [4.69, 9.17) is 0 Å². The molecule has 96 valence electrons. The lowest BCUT2D eigenvalue weighted by atomic mass is 10.0. The summed E-state index contributed by atoms with van der Waals surface area (Å²) in [5.74, 6) is 1.61. The van der Waals surface area contributed by atoms with Crippen LogP contribution in [0.3, 0.4) is 0 Å². The highest BCUT2D eigenvalue weighted by molar-refractivity contribution is 5.58. The minimum atomic E-state index is 0.641. The lowest BCUT2D eigenvalue weighted by Gasteiger charge is -2.07. The highest BCUT2D eigenvalue weighted by Gasteiger charge is 2.23. The number of hydrogen-bond acceptors (Lipinski definition) is 2. The molecule has 1 saturated carbocycles. The second-order valence-electron chi connectivity index (χ2n) is 5.19. The van der Waals surface area contributed by atoms with E-state index in [0.29, 0.717) is 5.92 Å². The van der Waals surface area contributed by atoms with Gasteiger partial charge < -0.3 is 4.98 Å². The molecule has 0 aliphatic heterocycles. The van der Waals surface area contributed by atoms with Crippen LogP contribution < -0.4 is 0 Å². The molecule has 1 aliphatic carbocycles. The third-order valence-electron chi connectivity index (χ3n) is 3.84. The molecular formula is C14H20N4. The van der Waals surface area contributed by atoms with Crippen LogP contribution in [0, 0.1) is 0 Å². The van der Waals surface area contributed by atoms with E-state index in [-0.39, 0.29) is 0 Å². The van der Waals surface area contributed by atoms with Crippen molar-refractivity contribution in [3.8, 4) is 11.4 Å². The molecule has 2 aromatic heterocycles. The van der Waals surface area contributed by atoms with E-state index >= 15 is 0 Å². The van der Waals surface area contributed by atoms with Gasteiger partial charge >= 0.3 is 0 Å². The second kappa shape index (κ2) is 4.96. The number of aryl methyl sites for hydroxylation is 1. The summed E-state index contributed by atoms with van der Waals surface area (Å²) in [4.78, 5) is 7.90. The van der Waals surface area contributed by atoms with Gasteiger partial charge in [-0.2, -0.15) is 5.10 Å². The molecule has 2 N–H and O–H groups in total. The average molecular weight is 244 g/mol. The van der Waals surface area contributed by atoms with Gasteiger partial charge in [-0.05, 0) is 19.3 Å². The maximum atomic E-state index is 4.49. The van der Waals surface area contributed by atoms with Gasteiger partial charge in [-0.1, -0.05) is 26.2 Å². The topological polar surface area (TPSA) is 57.4 Å². The molecule has 2 heterocycles. The van der Waals surface area contributed by atoms with Gasteiger partial charge in [0.15, 0.2) is 0 Å². The van der Waals surface area contributed by atoms with Crippen LogP contribution in [0.5, 0.6) is 0 Å². The van der Waals surface area contributed by atoms with Gasteiger partial charge in [0.1, 0.15) is 5.82 Å². The van der Waals surface area contributed by atoms with Crippen LogP contribution in [0.25, 0.3) is 11.4 Å². The molecule has 0 saturated heterocycles. The normalized spacial score (nSPS) is 16.5. The molecule has 1 fully saturated rings. The summed E-state index contributed by atoms with van der Waals surface area (Å²) in [7, 11) is 0. The van der Waals surface area contributed by atoms with Crippen LogP contribution >= 0.6 is 0 Å². The van der Waals surface area contributed by atoms with Crippen LogP contribution in [0.1, 0.15) is 56.3 Å². The van der Waals surface area contributed by atoms with E-state index in [1.165, 1.54) is 37.1 Å². The third kappa shape index (κ3) is 2.07. The maximum absolute atomic E-state index is 4.49. The van der Waals surface area contributed by atoms with Crippen molar-refractivity contribution in [3.63, 3.8) is 0 Å². The molecule has 0 bridgehead atoms. The molecule has 18 heavy (non-hydrogen) atoms. The number of aromatic amines is 2. The summed E-state index contributed by atoms with van der Waals surface area (Å²) < 4.78 is 0. The molecule has 0 amide bonds. The third-order valence-corrected chi connectivity index (χ3v) is 3.84. The Morgan fingerprint density at radius 1 is 1.28 bits per heavy atom. The maximum Gasteiger partial charge on any atom is 0.140 e. The molecule has 0 radical (unpaired) electrons. The highest BCUT2D eigenvalue weighted by atomic mass is 15.1. The highest BCUT2D eigenvalue weighted by Crippen LogP contribution is 2.37. The standard InChI is InChI=1S/C14H20N4/c1-2-5-11-8-15-14(17-11)12-9-16-18-13(12)10-6-3-4-7-10/h8-10H,2-7H2,1H3,(H,15,17)(H,16,18). The fourth-order valence-electron chi connectivity index (χ4n) is 2.90. The lowest BCUT2D eigenvalue weighted by Crippen LogP contribution is -1.96. The Kier molecular flexibility index (Phi) is 3.17. The zero-order valence-electron chi connectivity index (χ0n) is 10.9. The number of imidazole rings is 1. The summed E-state index contributed by atoms with van der Waals surface area (Å²) in [5, 5.41) is 7.39. The van der Waals surface area contributed by atoms with Gasteiger partial charge in [-0.15, -0.1) is 0 Å². The first-order valence-electron chi connectivity index (χ1n) is 6.96. The quantitative estimate of drug-likeness (QED) is 0.866. The zero-order chi connectivity index (χ0) is 12.4. The first-order valence-corrected chi connectivity index (χ1v) is 6.96. The minimum absolute atomic E-state index is 0.641. The first-order chi connectivity index (χ1) is 8.88. The van der Waals surface area contributed by atoms with Crippen molar-refractivity contribution in [2.75, 3.05) is 0 Å². The summed E-state index contributed by atoms with van der Waals surface area (Å²) in [6.07, 6.45) is 11.3. The Balaban J connectivity index is 1.88. The van der Waals surface area contributed by atoms with Crippen LogP contribution in [0.2, 0.25) is 0 Å². The van der Waals surface area contributed by atoms with Crippen molar-refractivity contribution in [2.24, 2.45) is 0 Å². The molecule has 3 rings (SSSR count). The fraction of sp³-hybridized carbons (Fsp3) is 0.571. The predicted molar refractivity (Wildman–Crippen MR) is 71.4 cm³/mol. The zero-order valence-corrected chi connectivity index (χ0v) is 10.9. The Morgan fingerprint density at radius 2 is 2.11 bits per heavy atom. The summed E-state index contributed by atoms with van der Waals surface area (Å²) in [6.45, 7) is 2.18. The number of H-pyrrole nitrogens is 2. The number of hydrogen-bond donors (Lipinski definition) is 2. The average Bonchev–Trinajstić information content (AvgIpc) is 3.10. The predicted octanol–water partition coefficient (Wildman–Crippen LogP) is 3.41. The van der Waals surface area contributed by atoms with Crippen molar-refractivity contribution in [1.82, 2.24) is 20.2 Å². The smallest absolute Gasteiger partial charge is 0.140 e. The van der Waals surface area contributed by atoms with Gasteiger partial charge in [0, 0.05) is 23.5 Å². The fourth-order valence-corrected chi connectivity index (χ4v) is 2.90. The van der Waals surface area contributed by atoms with Crippen LogP contribution in [0.15, 0.2) is 12.4 Å². The Hall–Kier alpha value is -1.58. The molecule has 4 nitrogen and oxygen atoms in total. The number of nitrogens with one attached hydrogen (secondary N) is 2. The molecule has 0 unspecified atom stereocenters. The summed E-state index contributed by atoms with van der Waals surface area (Å²) in [5.41, 5.74) is 3.64. The van der Waals surface area contributed by atoms with E-state index in [1.54, 1.807) is 0 Å².